The third-order valence-corrected chi connectivity index (χ3v) is 0. The van der Waals surface area contributed by atoms with Crippen LogP contribution in [-0.2, 0) is 10.3 Å². The van der Waals surface area contributed by atoms with Gasteiger partial charge in [-0.3, -0.25) is 4.55 Å². The molecule has 3 N–H and O–H groups in total. The number of rotatable bonds is 0. The molecule has 10 heavy (non-hydrogen) atoms. The minimum absolute atomic E-state index is 0. The van der Waals surface area contributed by atoms with Crippen molar-refractivity contribution in [1.29, 1.82) is 0 Å². The summed E-state index contributed by atoms with van der Waals surface area (Å²) in [5.41, 5.74) is 0. The molecule has 0 heterocycles. The van der Waals surface area contributed by atoms with Crippen LogP contribution in [0.4, 0.5) is 0 Å². The fraction of sp³-hybridized carbons (Fsp3) is 0. The van der Waals surface area contributed by atoms with Gasteiger partial charge in [-0.25, -0.2) is 28.9 Å². The van der Waals surface area contributed by atoms with Crippen molar-refractivity contribution < 1.29 is 22.3 Å². The molecule has 0 bridgehead atoms. The summed E-state index contributed by atoms with van der Waals surface area (Å²) in [7, 11) is -4.17. The molecule has 0 spiro atoms. The molecule has 0 rings (SSSR count). The molecule has 0 aromatic heterocycles. The predicted octanol–water partition coefficient (Wildman–Crippen LogP) is -2.63. The maximum atomic E-state index is 8.97. The average Bonchev–Trinajstić information content (AvgIpc) is 1.72. The molecule has 0 aliphatic heterocycles. The fourth-order valence-corrected chi connectivity index (χ4v) is 0. The normalized spacial score (nSPS) is 7.00. The van der Waals surface area contributed by atoms with Crippen LogP contribution in [0.15, 0.2) is 0 Å². The maximum absolute atomic E-state index is 8.97. The van der Waals surface area contributed by atoms with Crippen molar-refractivity contribution in [1.82, 2.24) is 0 Å². The Morgan fingerprint density at radius 1 is 1.20 bits per heavy atom. The third kappa shape index (κ3) is 270. The molecule has 0 aromatic carbocycles. The van der Waals surface area contributed by atoms with Crippen LogP contribution in [0.25, 0.3) is 0 Å². The fourth-order valence-electron chi connectivity index (χ4n) is 0. The Morgan fingerprint density at radius 3 is 1.20 bits per heavy atom. The van der Waals surface area contributed by atoms with E-state index in [0.717, 1.165) is 0 Å². The van der Waals surface area contributed by atoms with Crippen molar-refractivity contribution in [3.05, 3.63) is 0 Å². The van der Waals surface area contributed by atoms with Gasteiger partial charge in [0.25, 0.3) is 0 Å². The molecule has 0 unspecified atom stereocenters. The summed E-state index contributed by atoms with van der Waals surface area (Å²) in [4.78, 5) is 0. The van der Waals surface area contributed by atoms with Gasteiger partial charge in [0, 0.05) is 0 Å². The molecule has 0 aliphatic rings. The first kappa shape index (κ1) is 22.6. The van der Waals surface area contributed by atoms with Crippen molar-refractivity contribution in [3.63, 3.8) is 0 Å². The second-order valence-electron chi connectivity index (χ2n) is 0.515. The molecule has 6 nitrogen and oxygen atoms in total. The third-order valence-electron chi connectivity index (χ3n) is 0. The summed E-state index contributed by atoms with van der Waals surface area (Å²) < 4.78 is 40.6. The Balaban J connectivity index is -0.0000000315. The average molecular weight is 240 g/mol. The zero-order chi connectivity index (χ0) is 8.50. The summed E-state index contributed by atoms with van der Waals surface area (Å²) in [6.45, 7) is 0. The van der Waals surface area contributed by atoms with Gasteiger partial charge in [-0.15, -0.1) is 0 Å². The van der Waals surface area contributed by atoms with E-state index >= 15 is 0 Å². The second-order valence-corrected chi connectivity index (χ2v) is 1.54. The molecular formula is H3CaCl2NO5S. The van der Waals surface area contributed by atoms with E-state index in [1.165, 1.54) is 0 Å². The zero-order valence-electron chi connectivity index (χ0n) is 4.53. The van der Waals surface area contributed by atoms with Crippen molar-refractivity contribution >= 4 is 71.8 Å². The largest absolute Gasteiger partial charge is 2.00 e. The Hall–Kier alpha value is 1.63. The van der Waals surface area contributed by atoms with E-state index in [1.54, 1.807) is 0 Å². The van der Waals surface area contributed by atoms with Crippen molar-refractivity contribution in [2.75, 3.05) is 0 Å². The van der Waals surface area contributed by atoms with Crippen LogP contribution in [0, 0.1) is 0 Å². The van der Waals surface area contributed by atoms with E-state index in [0.29, 0.717) is 0 Å². The van der Waals surface area contributed by atoms with Crippen molar-refractivity contribution in [3.8, 4) is 0 Å². The van der Waals surface area contributed by atoms with Crippen LogP contribution in [0.3, 0.4) is 0 Å². The van der Waals surface area contributed by atoms with E-state index in [-0.39, 0.29) is 37.7 Å². The molecular weight excluding hydrogens is 237 g/mol. The van der Waals surface area contributed by atoms with Crippen LogP contribution >= 0.6 is 23.7 Å². The van der Waals surface area contributed by atoms with Crippen molar-refractivity contribution in [2.24, 2.45) is 5.14 Å². The Labute approximate surface area is 98.1 Å². The summed E-state index contributed by atoms with van der Waals surface area (Å²) in [6.07, 6.45) is 0. The molecule has 0 radical (unpaired) electrons. The molecule has 10 heteroatoms. The molecule has 0 fully saturated rings. The first-order chi connectivity index (χ1) is 4.00. The van der Waals surface area contributed by atoms with E-state index in [9.17, 15) is 0 Å². The molecule has 0 atom stereocenters. The van der Waals surface area contributed by atoms with Crippen molar-refractivity contribution in [2.45, 2.75) is 0 Å². The molecule has 60 valence electrons. The number of hydrogen-bond acceptors (Lipinski definition) is 4. The second kappa shape index (κ2) is 16.9. The Bertz CT molecular complexity index is 103. The van der Waals surface area contributed by atoms with Gasteiger partial charge in [0.05, 0.1) is 0 Å². The number of halogens is 2. The molecule has 0 amide bonds. The van der Waals surface area contributed by atoms with Gasteiger partial charge in [-0.1, -0.05) is 0 Å². The van der Waals surface area contributed by atoms with E-state index < -0.39 is 10.3 Å². The zero-order valence-corrected chi connectivity index (χ0v) is 9.07. The summed E-state index contributed by atoms with van der Waals surface area (Å²) >= 11 is 6.78. The first-order valence-corrected chi connectivity index (χ1v) is 3.18. The molecule has 0 aromatic rings. The van der Waals surface area contributed by atoms with Crippen LogP contribution in [0.5, 0.6) is 0 Å². The summed E-state index contributed by atoms with van der Waals surface area (Å²) in [6, 6.07) is 0. The maximum Gasteiger partial charge on any atom is 2.00 e. The van der Waals surface area contributed by atoms with E-state index in [4.69, 9.17) is 22.3 Å². The van der Waals surface area contributed by atoms with Crippen LogP contribution in [-0.4, -0.2) is 50.7 Å². The van der Waals surface area contributed by atoms with Crippen LogP contribution in [0.2, 0.25) is 0 Å². The quantitative estimate of drug-likeness (QED) is 0.353. The molecule has 0 saturated carbocycles. The van der Waals surface area contributed by atoms with Gasteiger partial charge in [-0.2, -0.15) is 8.42 Å². The van der Waals surface area contributed by atoms with Gasteiger partial charge in [-0.05, 0) is 0 Å². The van der Waals surface area contributed by atoms with Crippen LogP contribution < -0.4 is 14.5 Å². The predicted molar refractivity (Wildman–Crippen MR) is 33.2 cm³/mol. The first-order valence-electron chi connectivity index (χ1n) is 1.06. The van der Waals surface area contributed by atoms with Gasteiger partial charge in [0.1, 0.15) is 0 Å². The van der Waals surface area contributed by atoms with Gasteiger partial charge >= 0.3 is 48.0 Å². The van der Waals surface area contributed by atoms with Gasteiger partial charge in [0.15, 0.2) is 0 Å². The van der Waals surface area contributed by atoms with Gasteiger partial charge in [0.2, 0.25) is 0 Å². The summed E-state index contributed by atoms with van der Waals surface area (Å²) in [5.74, 6) is 0. The van der Waals surface area contributed by atoms with Crippen LogP contribution in [0.1, 0.15) is 0 Å². The molecule has 0 aliphatic carbocycles. The number of nitrogens with two attached hydrogens (primary N) is 1. The smallest absolute Gasteiger partial charge is 0.769 e. The summed E-state index contributed by atoms with van der Waals surface area (Å²) in [5, 5.41) is 3.88. The SMILES string of the molecule is NS(=O)(=O)O.[Ca+2].[O-]Cl.[O-]Cl. The Morgan fingerprint density at radius 2 is 1.20 bits per heavy atom. The Kier molecular flexibility index (Phi) is 38.2. The number of hydrogen-bond donors (Lipinski definition) is 2. The van der Waals surface area contributed by atoms with Gasteiger partial charge < -0.3 is 9.32 Å². The van der Waals surface area contributed by atoms with E-state index in [1.807, 2.05) is 0 Å². The minimum atomic E-state index is -4.17. The minimum Gasteiger partial charge on any atom is -0.769 e. The van der Waals surface area contributed by atoms with E-state index in [2.05, 4.69) is 28.9 Å². The monoisotopic (exact) mass is 239 g/mol. The molecule has 0 saturated heterocycles. The topological polar surface area (TPSA) is 127 Å². The standard InChI is InChI=1S/Ca.2ClO.H3NO3S/c;2*1-2;1-5(2,3)4/h;;;(H3,1,2,3,4)/q+2;2*-1;.